The molecule has 0 spiro atoms. The van der Waals surface area contributed by atoms with Gasteiger partial charge >= 0.3 is 0 Å². The van der Waals surface area contributed by atoms with Crippen LogP contribution in [0.3, 0.4) is 0 Å². The van der Waals surface area contributed by atoms with Gasteiger partial charge in [-0.25, -0.2) is 9.97 Å². The third-order valence-corrected chi connectivity index (χ3v) is 5.43. The lowest BCUT2D eigenvalue weighted by Crippen LogP contribution is -2.44. The van der Waals surface area contributed by atoms with Crippen molar-refractivity contribution >= 4 is 5.91 Å². The molecule has 0 saturated carbocycles. The molecule has 3 atom stereocenters. The van der Waals surface area contributed by atoms with Gasteiger partial charge in [0.15, 0.2) is 0 Å². The highest BCUT2D eigenvalue weighted by Gasteiger charge is 2.47. The largest absolute Gasteiger partial charge is 0.381 e. The second kappa shape index (κ2) is 7.76. The number of ether oxygens (including phenoxy) is 3. The molecule has 7 heteroatoms. The van der Waals surface area contributed by atoms with E-state index < -0.39 is 0 Å². The summed E-state index contributed by atoms with van der Waals surface area (Å²) in [5.41, 5.74) is 0.435. The van der Waals surface area contributed by atoms with Crippen LogP contribution in [0, 0.1) is 5.92 Å². The van der Waals surface area contributed by atoms with E-state index in [0.29, 0.717) is 18.2 Å². The predicted molar refractivity (Wildman–Crippen MR) is 89.1 cm³/mol. The summed E-state index contributed by atoms with van der Waals surface area (Å²) in [4.78, 5) is 22.7. The number of rotatable bonds is 4. The van der Waals surface area contributed by atoms with E-state index in [1.165, 1.54) is 6.33 Å². The van der Waals surface area contributed by atoms with Gasteiger partial charge < -0.3 is 19.1 Å². The van der Waals surface area contributed by atoms with Crippen molar-refractivity contribution in [3.63, 3.8) is 0 Å². The molecule has 4 heterocycles. The Morgan fingerprint density at radius 3 is 2.96 bits per heavy atom. The van der Waals surface area contributed by atoms with Crippen LogP contribution in [0.1, 0.15) is 36.2 Å². The zero-order valence-electron chi connectivity index (χ0n) is 14.4. The summed E-state index contributed by atoms with van der Waals surface area (Å²) in [6.07, 6.45) is 6.95. The van der Waals surface area contributed by atoms with Crippen molar-refractivity contribution in [3.05, 3.63) is 24.3 Å². The van der Waals surface area contributed by atoms with Gasteiger partial charge in [-0.2, -0.15) is 0 Å². The molecule has 0 radical (unpaired) electrons. The fourth-order valence-corrected chi connectivity index (χ4v) is 4.03. The van der Waals surface area contributed by atoms with Crippen molar-refractivity contribution in [1.82, 2.24) is 14.9 Å². The molecule has 4 rings (SSSR count). The topological polar surface area (TPSA) is 73.8 Å². The van der Waals surface area contributed by atoms with Crippen LogP contribution in [-0.2, 0) is 14.2 Å². The molecular formula is C18H25N3O4. The molecule has 3 aliphatic heterocycles. The van der Waals surface area contributed by atoms with Crippen molar-refractivity contribution < 1.29 is 19.0 Å². The van der Waals surface area contributed by atoms with E-state index in [1.54, 1.807) is 12.3 Å². The number of nitrogens with zero attached hydrogens (tertiary/aromatic N) is 3. The first-order chi connectivity index (χ1) is 12.3. The van der Waals surface area contributed by atoms with Crippen molar-refractivity contribution in [2.24, 2.45) is 5.92 Å². The predicted octanol–water partition coefficient (Wildman–Crippen LogP) is 1.29. The molecule has 25 heavy (non-hydrogen) atoms. The van der Waals surface area contributed by atoms with Gasteiger partial charge in [-0.15, -0.1) is 0 Å². The van der Waals surface area contributed by atoms with E-state index >= 15 is 0 Å². The van der Waals surface area contributed by atoms with Crippen LogP contribution in [-0.4, -0.2) is 72.0 Å². The molecule has 0 aromatic carbocycles. The molecule has 0 aliphatic carbocycles. The fourth-order valence-electron chi connectivity index (χ4n) is 4.03. The molecule has 1 aromatic heterocycles. The van der Waals surface area contributed by atoms with Gasteiger partial charge in [-0.05, 0) is 37.7 Å². The van der Waals surface area contributed by atoms with Gasteiger partial charge in [0.2, 0.25) is 0 Å². The minimum atomic E-state index is -0.0565. The van der Waals surface area contributed by atoms with Gasteiger partial charge in [0, 0.05) is 26.0 Å². The highest BCUT2D eigenvalue weighted by Crippen LogP contribution is 2.32. The number of hydrogen-bond acceptors (Lipinski definition) is 6. The van der Waals surface area contributed by atoms with Crippen LogP contribution < -0.4 is 0 Å². The SMILES string of the molecule is O=C(c1ccncn1)N1C[C@@H](OCC2CCOCC2)[C@@H]2OCCC[C@@H]21. The molecule has 3 fully saturated rings. The second-order valence-electron chi connectivity index (χ2n) is 7.02. The van der Waals surface area contributed by atoms with Gasteiger partial charge in [-0.3, -0.25) is 4.79 Å². The molecule has 0 N–H and O–H groups in total. The zero-order valence-corrected chi connectivity index (χ0v) is 14.4. The molecule has 0 bridgehead atoms. The monoisotopic (exact) mass is 347 g/mol. The molecule has 7 nitrogen and oxygen atoms in total. The maximum Gasteiger partial charge on any atom is 0.273 e. The third kappa shape index (κ3) is 3.68. The normalized spacial score (nSPS) is 30.2. The van der Waals surface area contributed by atoms with Crippen molar-refractivity contribution in [2.75, 3.05) is 33.0 Å². The molecule has 1 aromatic rings. The van der Waals surface area contributed by atoms with Crippen LogP contribution in [0.5, 0.6) is 0 Å². The number of amides is 1. The average Bonchev–Trinajstić information content (AvgIpc) is 3.06. The Morgan fingerprint density at radius 2 is 2.16 bits per heavy atom. The first-order valence-corrected chi connectivity index (χ1v) is 9.21. The minimum absolute atomic E-state index is 0.0284. The Labute approximate surface area is 147 Å². The van der Waals surface area contributed by atoms with Gasteiger partial charge in [0.05, 0.1) is 19.2 Å². The average molecular weight is 347 g/mol. The van der Waals surface area contributed by atoms with E-state index in [9.17, 15) is 4.79 Å². The molecule has 0 unspecified atom stereocenters. The van der Waals surface area contributed by atoms with E-state index in [-0.39, 0.29) is 24.2 Å². The molecule has 3 aliphatic rings. The number of aromatic nitrogens is 2. The van der Waals surface area contributed by atoms with Crippen LogP contribution in [0.4, 0.5) is 0 Å². The van der Waals surface area contributed by atoms with Crippen LogP contribution in [0.2, 0.25) is 0 Å². The summed E-state index contributed by atoms with van der Waals surface area (Å²) in [6.45, 7) is 3.67. The summed E-state index contributed by atoms with van der Waals surface area (Å²) in [7, 11) is 0. The maximum atomic E-state index is 12.9. The van der Waals surface area contributed by atoms with E-state index in [4.69, 9.17) is 14.2 Å². The lowest BCUT2D eigenvalue weighted by molar-refractivity contribution is -0.0886. The molecular weight excluding hydrogens is 322 g/mol. The Hall–Kier alpha value is -1.57. The fraction of sp³-hybridized carbons (Fsp3) is 0.722. The van der Waals surface area contributed by atoms with E-state index in [1.807, 2.05) is 4.90 Å². The Bertz CT molecular complexity index is 579. The lowest BCUT2D eigenvalue weighted by atomic mass is 10.0. The molecule has 3 saturated heterocycles. The number of carbonyl (C=O) groups is 1. The first kappa shape index (κ1) is 16.9. The van der Waals surface area contributed by atoms with Gasteiger partial charge in [0.25, 0.3) is 5.91 Å². The number of fused-ring (bicyclic) bond motifs is 1. The molecule has 1 amide bonds. The summed E-state index contributed by atoms with van der Waals surface area (Å²) in [6, 6.07) is 1.74. The highest BCUT2D eigenvalue weighted by molar-refractivity contribution is 5.92. The zero-order chi connectivity index (χ0) is 17.1. The van der Waals surface area contributed by atoms with Crippen molar-refractivity contribution in [2.45, 2.75) is 43.9 Å². The third-order valence-electron chi connectivity index (χ3n) is 5.43. The Balaban J connectivity index is 1.43. The van der Waals surface area contributed by atoms with Crippen LogP contribution >= 0.6 is 0 Å². The number of carbonyl (C=O) groups excluding carboxylic acids is 1. The quantitative estimate of drug-likeness (QED) is 0.817. The van der Waals surface area contributed by atoms with E-state index in [0.717, 1.165) is 52.1 Å². The maximum absolute atomic E-state index is 12.9. The number of likely N-dealkylation sites (tertiary alicyclic amines) is 1. The van der Waals surface area contributed by atoms with Gasteiger partial charge in [0.1, 0.15) is 24.2 Å². The minimum Gasteiger partial charge on any atom is -0.381 e. The summed E-state index contributed by atoms with van der Waals surface area (Å²) in [5.74, 6) is 0.488. The number of hydrogen-bond donors (Lipinski definition) is 0. The highest BCUT2D eigenvalue weighted by atomic mass is 16.5. The Kier molecular flexibility index (Phi) is 5.24. The second-order valence-corrected chi connectivity index (χ2v) is 7.02. The smallest absolute Gasteiger partial charge is 0.273 e. The van der Waals surface area contributed by atoms with Gasteiger partial charge in [-0.1, -0.05) is 0 Å². The summed E-state index contributed by atoms with van der Waals surface area (Å²) in [5, 5.41) is 0. The summed E-state index contributed by atoms with van der Waals surface area (Å²) < 4.78 is 17.6. The standard InChI is InChI=1S/C18H25N3O4/c22-18(14-3-6-19-12-20-14)21-10-16(17-15(21)2-1-7-24-17)25-11-13-4-8-23-9-5-13/h3,6,12-13,15-17H,1-2,4-5,7-11H2/t15-,16+,17+/m0/s1. The summed E-state index contributed by atoms with van der Waals surface area (Å²) >= 11 is 0. The van der Waals surface area contributed by atoms with Crippen molar-refractivity contribution in [1.29, 1.82) is 0 Å². The van der Waals surface area contributed by atoms with Crippen LogP contribution in [0.15, 0.2) is 18.6 Å². The first-order valence-electron chi connectivity index (χ1n) is 9.21. The van der Waals surface area contributed by atoms with Crippen molar-refractivity contribution in [3.8, 4) is 0 Å². The molecule has 136 valence electrons. The Morgan fingerprint density at radius 1 is 1.28 bits per heavy atom. The van der Waals surface area contributed by atoms with E-state index in [2.05, 4.69) is 9.97 Å². The lowest BCUT2D eigenvalue weighted by Gasteiger charge is -2.32. The van der Waals surface area contributed by atoms with Crippen LogP contribution in [0.25, 0.3) is 0 Å².